The molecular weight excluding hydrogens is 570 g/mol. The molecule has 0 bridgehead atoms. The van der Waals surface area contributed by atoms with Crippen LogP contribution in [0.2, 0.25) is 0 Å². The predicted molar refractivity (Wildman–Crippen MR) is 138 cm³/mol. The van der Waals surface area contributed by atoms with Crippen molar-refractivity contribution in [3.8, 4) is 11.5 Å². The third-order valence-electron chi connectivity index (χ3n) is 4.91. The van der Waals surface area contributed by atoms with Crippen LogP contribution in [0.5, 0.6) is 11.5 Å². The molecule has 0 amide bonds. The van der Waals surface area contributed by atoms with Gasteiger partial charge in [0.2, 0.25) is 0 Å². The van der Waals surface area contributed by atoms with Crippen LogP contribution >= 0.6 is 31.9 Å². The van der Waals surface area contributed by atoms with E-state index in [0.29, 0.717) is 38.3 Å². The minimum atomic E-state index is -0.818. The maximum absolute atomic E-state index is 13.3. The molecule has 8 nitrogen and oxygen atoms in total. The van der Waals surface area contributed by atoms with Crippen molar-refractivity contribution in [2.24, 2.45) is 5.10 Å². The van der Waals surface area contributed by atoms with E-state index in [4.69, 9.17) is 19.2 Å². The van der Waals surface area contributed by atoms with E-state index in [2.05, 4.69) is 37.0 Å². The quantitative estimate of drug-likeness (QED) is 0.293. The van der Waals surface area contributed by atoms with Crippen LogP contribution in [-0.4, -0.2) is 42.2 Å². The van der Waals surface area contributed by atoms with Gasteiger partial charge >= 0.3 is 5.97 Å². The van der Waals surface area contributed by atoms with E-state index in [1.165, 1.54) is 18.9 Å². The Morgan fingerprint density at radius 1 is 1.15 bits per heavy atom. The number of hydrogen-bond acceptors (Lipinski definition) is 7. The van der Waals surface area contributed by atoms with Gasteiger partial charge in [-0.1, -0.05) is 36.7 Å². The number of aromatic nitrogens is 2. The number of carbonyl (C=O) groups excluding carboxylic acids is 1. The summed E-state index contributed by atoms with van der Waals surface area (Å²) in [5.74, 6) is 0.769. The third kappa shape index (κ3) is 5.50. The first-order valence-corrected chi connectivity index (χ1v) is 11.9. The Balaban J connectivity index is 2.10. The molecule has 0 saturated heterocycles. The summed E-state index contributed by atoms with van der Waals surface area (Å²) in [7, 11) is 2.79. The second-order valence-corrected chi connectivity index (χ2v) is 10.3. The van der Waals surface area contributed by atoms with E-state index in [1.54, 1.807) is 37.4 Å². The Morgan fingerprint density at radius 2 is 1.85 bits per heavy atom. The summed E-state index contributed by atoms with van der Waals surface area (Å²) >= 11 is 6.91. The molecule has 0 spiro atoms. The smallest absolute Gasteiger partial charge is 0.346 e. The Kier molecular flexibility index (Phi) is 7.82. The molecule has 3 rings (SSSR count). The van der Waals surface area contributed by atoms with Crippen molar-refractivity contribution in [2.75, 3.05) is 14.2 Å². The van der Waals surface area contributed by atoms with Crippen molar-refractivity contribution in [3.63, 3.8) is 0 Å². The summed E-state index contributed by atoms with van der Waals surface area (Å²) in [6.45, 7) is 7.50. The molecule has 1 aromatic heterocycles. The number of rotatable bonds is 6. The molecule has 3 aromatic rings. The minimum absolute atomic E-state index is 0.276. The standard InChI is InChI=1S/C24H25Br2N3O5/c1-13(22(31)33-6)34-20-11-17(26)14(9-19(20)32-5)12-27-29-21(30)16-10-15(25)7-8-18(16)28-23(29)24(2,3)4/h7-13H,1-6H3/t13-/m0/s1. The topological polar surface area (TPSA) is 92.0 Å². The molecule has 0 N–H and O–H groups in total. The number of fused-ring (bicyclic) bond motifs is 1. The normalized spacial score (nSPS) is 12.7. The van der Waals surface area contributed by atoms with Gasteiger partial charge in [0.25, 0.3) is 5.56 Å². The van der Waals surface area contributed by atoms with Crippen molar-refractivity contribution < 1.29 is 19.0 Å². The molecule has 0 aliphatic heterocycles. The van der Waals surface area contributed by atoms with Crippen molar-refractivity contribution in [1.29, 1.82) is 0 Å². The molecule has 0 fully saturated rings. The summed E-state index contributed by atoms with van der Waals surface area (Å²) in [6.07, 6.45) is 0.726. The number of methoxy groups -OCH3 is 2. The minimum Gasteiger partial charge on any atom is -0.493 e. The highest BCUT2D eigenvalue weighted by atomic mass is 79.9. The lowest BCUT2D eigenvalue weighted by atomic mass is 9.95. The van der Waals surface area contributed by atoms with Gasteiger partial charge in [-0.2, -0.15) is 9.78 Å². The first-order chi connectivity index (χ1) is 16.0. The van der Waals surface area contributed by atoms with E-state index in [-0.39, 0.29) is 5.56 Å². The number of carbonyl (C=O) groups is 1. The molecule has 0 aliphatic carbocycles. The van der Waals surface area contributed by atoms with E-state index >= 15 is 0 Å². The van der Waals surface area contributed by atoms with Gasteiger partial charge in [-0.3, -0.25) is 4.79 Å². The second kappa shape index (κ2) is 10.3. The number of hydrogen-bond donors (Lipinski definition) is 0. The van der Waals surface area contributed by atoms with Gasteiger partial charge in [-0.25, -0.2) is 9.78 Å². The number of esters is 1. The maximum Gasteiger partial charge on any atom is 0.346 e. The Hall–Kier alpha value is -2.72. The van der Waals surface area contributed by atoms with E-state index < -0.39 is 17.5 Å². The first kappa shape index (κ1) is 25.9. The molecule has 34 heavy (non-hydrogen) atoms. The largest absolute Gasteiger partial charge is 0.493 e. The fourth-order valence-corrected chi connectivity index (χ4v) is 3.95. The van der Waals surface area contributed by atoms with Crippen molar-refractivity contribution in [2.45, 2.75) is 39.2 Å². The molecule has 2 aromatic carbocycles. The van der Waals surface area contributed by atoms with Crippen LogP contribution in [0.3, 0.4) is 0 Å². The van der Waals surface area contributed by atoms with Crippen LogP contribution in [0.25, 0.3) is 10.9 Å². The van der Waals surface area contributed by atoms with Gasteiger partial charge in [0.15, 0.2) is 17.6 Å². The lowest BCUT2D eigenvalue weighted by Gasteiger charge is -2.21. The van der Waals surface area contributed by atoms with Gasteiger partial charge in [0.05, 0.1) is 31.3 Å². The van der Waals surface area contributed by atoms with Crippen LogP contribution < -0.4 is 15.0 Å². The van der Waals surface area contributed by atoms with E-state index in [9.17, 15) is 9.59 Å². The summed E-state index contributed by atoms with van der Waals surface area (Å²) in [4.78, 5) is 29.8. The van der Waals surface area contributed by atoms with Gasteiger partial charge in [0.1, 0.15) is 5.82 Å². The van der Waals surface area contributed by atoms with Crippen LogP contribution in [0.4, 0.5) is 0 Å². The number of halogens is 2. The predicted octanol–water partition coefficient (Wildman–Crippen LogP) is 5.05. The first-order valence-electron chi connectivity index (χ1n) is 10.4. The summed E-state index contributed by atoms with van der Waals surface area (Å²) in [5.41, 5.74) is 0.529. The zero-order valence-corrected chi connectivity index (χ0v) is 22.9. The molecule has 180 valence electrons. The molecule has 0 unspecified atom stereocenters. The Morgan fingerprint density at radius 3 is 2.47 bits per heavy atom. The van der Waals surface area contributed by atoms with E-state index in [1.807, 2.05) is 26.8 Å². The lowest BCUT2D eigenvalue weighted by molar-refractivity contribution is -0.147. The summed E-state index contributed by atoms with van der Waals surface area (Å²) < 4.78 is 18.6. The van der Waals surface area contributed by atoms with Crippen LogP contribution in [0.1, 0.15) is 39.1 Å². The van der Waals surface area contributed by atoms with Gasteiger partial charge in [-0.05, 0) is 53.2 Å². The Labute approximate surface area is 214 Å². The Bertz CT molecular complexity index is 1330. The maximum atomic E-state index is 13.3. The van der Waals surface area contributed by atoms with E-state index in [0.717, 1.165) is 4.47 Å². The monoisotopic (exact) mass is 593 g/mol. The van der Waals surface area contributed by atoms with Crippen LogP contribution in [0.15, 0.2) is 49.2 Å². The highest BCUT2D eigenvalue weighted by Crippen LogP contribution is 2.34. The lowest BCUT2D eigenvalue weighted by Crippen LogP contribution is -2.29. The molecule has 10 heteroatoms. The number of nitrogens with zero attached hydrogens (tertiary/aromatic N) is 3. The summed E-state index contributed by atoms with van der Waals surface area (Å²) in [6, 6.07) is 8.75. The van der Waals surface area contributed by atoms with Gasteiger partial charge in [-0.15, -0.1) is 0 Å². The molecular formula is C24H25Br2N3O5. The van der Waals surface area contributed by atoms with Crippen LogP contribution in [0, 0.1) is 0 Å². The zero-order valence-electron chi connectivity index (χ0n) is 19.7. The fourth-order valence-electron chi connectivity index (χ4n) is 3.17. The fraction of sp³-hybridized carbons (Fsp3) is 0.333. The van der Waals surface area contributed by atoms with Crippen LogP contribution in [-0.2, 0) is 14.9 Å². The second-order valence-electron chi connectivity index (χ2n) is 8.52. The SMILES string of the molecule is COC(=O)[C@H](C)Oc1cc(Br)c(C=Nn2c(C(C)(C)C)nc3ccc(Br)cc3c2=O)cc1OC. The molecule has 1 heterocycles. The average molecular weight is 595 g/mol. The highest BCUT2D eigenvalue weighted by Gasteiger charge is 2.23. The molecule has 0 saturated carbocycles. The van der Waals surface area contributed by atoms with Crippen molar-refractivity contribution >= 4 is 54.9 Å². The summed E-state index contributed by atoms with van der Waals surface area (Å²) in [5, 5.41) is 4.95. The number of benzene rings is 2. The molecule has 0 radical (unpaired) electrons. The third-order valence-corrected chi connectivity index (χ3v) is 6.09. The zero-order chi connectivity index (χ0) is 25.2. The number of ether oxygens (including phenoxy) is 3. The molecule has 1 atom stereocenters. The van der Waals surface area contributed by atoms with Crippen molar-refractivity contribution in [3.05, 3.63) is 61.0 Å². The van der Waals surface area contributed by atoms with Gasteiger partial charge < -0.3 is 14.2 Å². The molecule has 0 aliphatic rings. The van der Waals surface area contributed by atoms with Gasteiger partial charge in [0, 0.05) is 19.9 Å². The van der Waals surface area contributed by atoms with Crippen molar-refractivity contribution in [1.82, 2.24) is 9.66 Å². The average Bonchev–Trinajstić information content (AvgIpc) is 2.78. The highest BCUT2D eigenvalue weighted by molar-refractivity contribution is 9.10.